The second-order valence-corrected chi connectivity index (χ2v) is 5.54. The number of ether oxygens (including phenoxy) is 1. The predicted molar refractivity (Wildman–Crippen MR) is 94.7 cm³/mol. The molecule has 0 heterocycles. The van der Waals surface area contributed by atoms with Crippen molar-refractivity contribution in [1.29, 1.82) is 0 Å². The van der Waals surface area contributed by atoms with Crippen LogP contribution >= 0.6 is 0 Å². The van der Waals surface area contributed by atoms with Crippen molar-refractivity contribution >= 4 is 11.7 Å². The van der Waals surface area contributed by atoms with E-state index >= 15 is 0 Å². The van der Waals surface area contributed by atoms with Crippen molar-refractivity contribution in [3.63, 3.8) is 0 Å². The summed E-state index contributed by atoms with van der Waals surface area (Å²) < 4.78 is 5.34. The van der Waals surface area contributed by atoms with Crippen LogP contribution in [0.5, 0.6) is 5.75 Å². The summed E-state index contributed by atoms with van der Waals surface area (Å²) in [5.41, 5.74) is 2.76. The van der Waals surface area contributed by atoms with Gasteiger partial charge >= 0.3 is 5.97 Å². The van der Waals surface area contributed by atoms with Crippen LogP contribution in [0.25, 0.3) is 11.1 Å². The van der Waals surface area contributed by atoms with Crippen molar-refractivity contribution in [1.82, 2.24) is 0 Å². The Bertz CT molecular complexity index is 918. The van der Waals surface area contributed by atoms with Crippen LogP contribution in [0.4, 0.5) is 5.69 Å². The first-order chi connectivity index (χ1) is 12.0. The quantitative estimate of drug-likeness (QED) is 0.298. The highest BCUT2D eigenvalue weighted by Gasteiger charge is 2.15. The molecule has 124 valence electrons. The van der Waals surface area contributed by atoms with Crippen LogP contribution in [0.2, 0.25) is 0 Å². The summed E-state index contributed by atoms with van der Waals surface area (Å²) in [6.45, 7) is 1.59. The zero-order valence-corrected chi connectivity index (χ0v) is 13.5. The Morgan fingerprint density at radius 2 is 1.56 bits per heavy atom. The van der Waals surface area contributed by atoms with E-state index in [1.807, 2.05) is 42.5 Å². The van der Waals surface area contributed by atoms with E-state index in [1.165, 1.54) is 18.2 Å². The number of carbonyl (C=O) groups excluding carboxylic acids is 1. The number of benzene rings is 3. The number of rotatable bonds is 4. The van der Waals surface area contributed by atoms with E-state index in [2.05, 4.69) is 0 Å². The lowest BCUT2D eigenvalue weighted by Gasteiger charge is -2.07. The van der Waals surface area contributed by atoms with Gasteiger partial charge in [-0.1, -0.05) is 42.5 Å². The molecule has 0 aromatic heterocycles. The fraction of sp³-hybridized carbons (Fsp3) is 0.0500. The number of nitro groups is 1. The maximum atomic E-state index is 12.2. The van der Waals surface area contributed by atoms with Crippen LogP contribution in [-0.2, 0) is 0 Å². The van der Waals surface area contributed by atoms with E-state index in [1.54, 1.807) is 19.1 Å². The summed E-state index contributed by atoms with van der Waals surface area (Å²) in [7, 11) is 0. The molecular formula is C20H15NO4. The van der Waals surface area contributed by atoms with E-state index in [9.17, 15) is 14.9 Å². The summed E-state index contributed by atoms with van der Waals surface area (Å²) in [5.74, 6) is -0.133. The van der Waals surface area contributed by atoms with Crippen molar-refractivity contribution in [3.8, 4) is 16.9 Å². The molecular weight excluding hydrogens is 318 g/mol. The van der Waals surface area contributed by atoms with Crippen LogP contribution in [0.15, 0.2) is 72.8 Å². The Hall–Kier alpha value is -3.47. The van der Waals surface area contributed by atoms with Crippen molar-refractivity contribution in [2.75, 3.05) is 0 Å². The maximum absolute atomic E-state index is 12.2. The molecule has 3 aromatic rings. The number of hydrogen-bond donors (Lipinski definition) is 0. The maximum Gasteiger partial charge on any atom is 0.343 e. The van der Waals surface area contributed by atoms with Crippen molar-refractivity contribution in [2.24, 2.45) is 0 Å². The largest absolute Gasteiger partial charge is 0.423 e. The Labute approximate surface area is 144 Å². The molecule has 25 heavy (non-hydrogen) atoms. The lowest BCUT2D eigenvalue weighted by atomic mass is 10.1. The van der Waals surface area contributed by atoms with E-state index in [0.717, 1.165) is 11.1 Å². The minimum Gasteiger partial charge on any atom is -0.423 e. The minimum atomic E-state index is -0.551. The highest BCUT2D eigenvalue weighted by Crippen LogP contribution is 2.23. The number of hydrogen-bond acceptors (Lipinski definition) is 4. The van der Waals surface area contributed by atoms with Crippen LogP contribution < -0.4 is 4.74 Å². The predicted octanol–water partition coefficient (Wildman–Crippen LogP) is 4.79. The van der Waals surface area contributed by atoms with Crippen LogP contribution in [-0.4, -0.2) is 10.9 Å². The van der Waals surface area contributed by atoms with Crippen LogP contribution in [0.3, 0.4) is 0 Å². The van der Waals surface area contributed by atoms with Gasteiger partial charge < -0.3 is 4.74 Å². The fourth-order valence-corrected chi connectivity index (χ4v) is 2.50. The molecule has 3 aromatic carbocycles. The lowest BCUT2D eigenvalue weighted by molar-refractivity contribution is -0.385. The summed E-state index contributed by atoms with van der Waals surface area (Å²) >= 11 is 0. The van der Waals surface area contributed by atoms with Gasteiger partial charge in [-0.05, 0) is 42.3 Å². The van der Waals surface area contributed by atoms with Gasteiger partial charge in [-0.25, -0.2) is 4.79 Å². The van der Waals surface area contributed by atoms with Gasteiger partial charge in [0.25, 0.3) is 5.69 Å². The zero-order chi connectivity index (χ0) is 17.8. The average Bonchev–Trinajstić information content (AvgIpc) is 2.62. The molecule has 0 saturated carbocycles. The number of esters is 1. The molecule has 0 N–H and O–H groups in total. The Morgan fingerprint density at radius 3 is 2.16 bits per heavy atom. The molecule has 0 atom stereocenters. The van der Waals surface area contributed by atoms with Gasteiger partial charge in [0.05, 0.1) is 10.5 Å². The fourth-order valence-electron chi connectivity index (χ4n) is 2.50. The van der Waals surface area contributed by atoms with Crippen molar-refractivity contribution in [2.45, 2.75) is 6.92 Å². The highest BCUT2D eigenvalue weighted by molar-refractivity contribution is 5.91. The molecule has 5 nitrogen and oxygen atoms in total. The summed E-state index contributed by atoms with van der Waals surface area (Å²) in [5, 5.41) is 10.8. The third-order valence-corrected chi connectivity index (χ3v) is 3.80. The summed E-state index contributed by atoms with van der Waals surface area (Å²) in [4.78, 5) is 22.6. The molecule has 0 aliphatic rings. The van der Waals surface area contributed by atoms with Gasteiger partial charge in [0.1, 0.15) is 5.75 Å². The second kappa shape index (κ2) is 6.97. The van der Waals surface area contributed by atoms with Crippen LogP contribution in [0, 0.1) is 17.0 Å². The van der Waals surface area contributed by atoms with Gasteiger partial charge in [-0.3, -0.25) is 10.1 Å². The molecule has 0 aliphatic carbocycles. The molecule has 0 radical (unpaired) electrons. The normalized spacial score (nSPS) is 10.3. The molecule has 0 fully saturated rings. The topological polar surface area (TPSA) is 69.4 Å². The summed E-state index contributed by atoms with van der Waals surface area (Å²) in [6.07, 6.45) is 0. The monoisotopic (exact) mass is 333 g/mol. The Balaban J connectivity index is 1.75. The lowest BCUT2D eigenvalue weighted by Crippen LogP contribution is -2.09. The number of aryl methyl sites for hydroxylation is 1. The second-order valence-electron chi connectivity index (χ2n) is 5.54. The Kier molecular flexibility index (Phi) is 4.57. The number of nitrogens with zero attached hydrogens (tertiary/aromatic N) is 1. The van der Waals surface area contributed by atoms with Crippen LogP contribution in [0.1, 0.15) is 15.9 Å². The molecule has 0 bridgehead atoms. The average molecular weight is 333 g/mol. The van der Waals surface area contributed by atoms with Gasteiger partial charge in [-0.15, -0.1) is 0 Å². The zero-order valence-electron chi connectivity index (χ0n) is 13.5. The third-order valence-electron chi connectivity index (χ3n) is 3.80. The van der Waals surface area contributed by atoms with Crippen molar-refractivity contribution < 1.29 is 14.5 Å². The molecule has 0 spiro atoms. The number of nitro benzene ring substituents is 1. The molecule has 0 unspecified atom stereocenters. The van der Waals surface area contributed by atoms with Gasteiger partial charge in [0, 0.05) is 11.6 Å². The van der Waals surface area contributed by atoms with E-state index in [-0.39, 0.29) is 11.3 Å². The molecule has 5 heteroatoms. The SMILES string of the molecule is Cc1cc(C(=O)Oc2ccc(-c3ccccc3)cc2)ccc1[N+](=O)[O-]. The van der Waals surface area contributed by atoms with Gasteiger partial charge in [0.15, 0.2) is 0 Å². The summed E-state index contributed by atoms with van der Waals surface area (Å²) in [6, 6.07) is 21.2. The first-order valence-electron chi connectivity index (χ1n) is 7.67. The van der Waals surface area contributed by atoms with Gasteiger partial charge in [-0.2, -0.15) is 0 Å². The first-order valence-corrected chi connectivity index (χ1v) is 7.67. The first kappa shape index (κ1) is 16.4. The minimum absolute atomic E-state index is 0.0243. The Morgan fingerprint density at radius 1 is 0.920 bits per heavy atom. The molecule has 0 amide bonds. The molecule has 3 rings (SSSR count). The van der Waals surface area contributed by atoms with Gasteiger partial charge in [0.2, 0.25) is 0 Å². The molecule has 0 saturated heterocycles. The third kappa shape index (κ3) is 3.72. The standard InChI is InChI=1S/C20H15NO4/c1-14-13-17(9-12-19(14)21(23)24)20(22)25-18-10-7-16(8-11-18)15-5-3-2-4-6-15/h2-13H,1H3. The molecule has 0 aliphatic heterocycles. The van der Waals surface area contributed by atoms with E-state index < -0.39 is 10.9 Å². The number of carbonyl (C=O) groups is 1. The highest BCUT2D eigenvalue weighted by atomic mass is 16.6. The van der Waals surface area contributed by atoms with Crippen molar-refractivity contribution in [3.05, 3.63) is 94.0 Å². The van der Waals surface area contributed by atoms with E-state index in [4.69, 9.17) is 4.74 Å². The van der Waals surface area contributed by atoms with E-state index in [0.29, 0.717) is 11.3 Å². The smallest absolute Gasteiger partial charge is 0.343 e.